The normalized spacial score (nSPS) is 22.4. The maximum atomic E-state index is 3.60. The second-order valence-electron chi connectivity index (χ2n) is 5.48. The van der Waals surface area contributed by atoms with Crippen molar-refractivity contribution in [3.63, 3.8) is 0 Å². The van der Waals surface area contributed by atoms with Crippen molar-refractivity contribution in [2.24, 2.45) is 17.8 Å². The van der Waals surface area contributed by atoms with E-state index in [0.29, 0.717) is 6.04 Å². The molecule has 90 valence electrons. The molecular formula is C14H29N. The van der Waals surface area contributed by atoms with Gasteiger partial charge >= 0.3 is 0 Å². The van der Waals surface area contributed by atoms with E-state index >= 15 is 0 Å². The van der Waals surface area contributed by atoms with Crippen LogP contribution < -0.4 is 5.32 Å². The van der Waals surface area contributed by atoms with E-state index in [0.717, 1.165) is 17.8 Å². The van der Waals surface area contributed by atoms with Crippen molar-refractivity contribution in [3.8, 4) is 0 Å². The van der Waals surface area contributed by atoms with Gasteiger partial charge in [-0.15, -0.1) is 0 Å². The minimum atomic E-state index is 0.702. The highest BCUT2D eigenvalue weighted by Crippen LogP contribution is 2.43. The molecule has 1 fully saturated rings. The van der Waals surface area contributed by atoms with Gasteiger partial charge in [0.05, 0.1) is 0 Å². The molecule has 0 heterocycles. The molecule has 1 nitrogen and oxygen atoms in total. The molecule has 0 saturated heterocycles. The second-order valence-corrected chi connectivity index (χ2v) is 5.48. The quantitative estimate of drug-likeness (QED) is 0.643. The minimum absolute atomic E-state index is 0.702. The summed E-state index contributed by atoms with van der Waals surface area (Å²) in [7, 11) is 0. The molecule has 0 aromatic carbocycles. The molecule has 1 aliphatic rings. The molecule has 1 saturated carbocycles. The highest BCUT2D eigenvalue weighted by Gasteiger charge is 2.33. The van der Waals surface area contributed by atoms with Crippen molar-refractivity contribution >= 4 is 0 Å². The van der Waals surface area contributed by atoms with Crippen LogP contribution in [0.4, 0.5) is 0 Å². The van der Waals surface area contributed by atoms with Crippen molar-refractivity contribution in [2.45, 2.75) is 65.8 Å². The number of rotatable bonds is 8. The largest absolute Gasteiger partial charge is 0.314 e. The second kappa shape index (κ2) is 6.52. The molecule has 0 aromatic rings. The van der Waals surface area contributed by atoms with Crippen LogP contribution in [-0.2, 0) is 0 Å². The standard InChI is InChI=1S/C14H29N/c1-5-9-15-12(4)10-11(3)14(6-2)13-7-8-13/h11-15H,5-10H2,1-4H3. The average Bonchev–Trinajstić information content (AvgIpc) is 3.00. The molecule has 3 atom stereocenters. The van der Waals surface area contributed by atoms with Crippen LogP contribution in [0.25, 0.3) is 0 Å². The molecule has 0 spiro atoms. The van der Waals surface area contributed by atoms with Crippen molar-refractivity contribution in [2.75, 3.05) is 6.54 Å². The van der Waals surface area contributed by atoms with Crippen LogP contribution >= 0.6 is 0 Å². The molecule has 0 aromatic heterocycles. The van der Waals surface area contributed by atoms with E-state index in [1.165, 1.54) is 38.6 Å². The van der Waals surface area contributed by atoms with Gasteiger partial charge in [-0.25, -0.2) is 0 Å². The Balaban J connectivity index is 2.22. The Morgan fingerprint density at radius 2 is 1.87 bits per heavy atom. The summed E-state index contributed by atoms with van der Waals surface area (Å²) in [6.07, 6.45) is 6.99. The number of hydrogen-bond acceptors (Lipinski definition) is 1. The molecule has 1 aliphatic carbocycles. The van der Waals surface area contributed by atoms with Crippen LogP contribution in [0.3, 0.4) is 0 Å². The molecule has 3 unspecified atom stereocenters. The maximum absolute atomic E-state index is 3.60. The van der Waals surface area contributed by atoms with Gasteiger partial charge in [0, 0.05) is 6.04 Å². The van der Waals surface area contributed by atoms with Crippen molar-refractivity contribution < 1.29 is 0 Å². The van der Waals surface area contributed by atoms with E-state index in [9.17, 15) is 0 Å². The van der Waals surface area contributed by atoms with Crippen LogP contribution in [0.1, 0.15) is 59.8 Å². The van der Waals surface area contributed by atoms with Gasteiger partial charge < -0.3 is 5.32 Å². The van der Waals surface area contributed by atoms with E-state index in [1.54, 1.807) is 0 Å². The van der Waals surface area contributed by atoms with E-state index in [4.69, 9.17) is 0 Å². The molecule has 1 heteroatoms. The molecule has 0 aliphatic heterocycles. The van der Waals surface area contributed by atoms with E-state index in [1.807, 2.05) is 0 Å². The topological polar surface area (TPSA) is 12.0 Å². The van der Waals surface area contributed by atoms with Crippen molar-refractivity contribution in [1.82, 2.24) is 5.32 Å². The molecule has 15 heavy (non-hydrogen) atoms. The Morgan fingerprint density at radius 1 is 1.20 bits per heavy atom. The first-order valence-electron chi connectivity index (χ1n) is 6.92. The molecule has 0 bridgehead atoms. The molecule has 1 rings (SSSR count). The molecule has 0 amide bonds. The average molecular weight is 211 g/mol. The summed E-state index contributed by atoms with van der Waals surface area (Å²) in [5, 5.41) is 3.60. The van der Waals surface area contributed by atoms with E-state index in [2.05, 4.69) is 33.0 Å². The summed E-state index contributed by atoms with van der Waals surface area (Å²) in [5.74, 6) is 2.97. The van der Waals surface area contributed by atoms with Gasteiger partial charge in [0.25, 0.3) is 0 Å². The number of hydrogen-bond donors (Lipinski definition) is 1. The van der Waals surface area contributed by atoms with E-state index in [-0.39, 0.29) is 0 Å². The van der Waals surface area contributed by atoms with Crippen LogP contribution in [0.5, 0.6) is 0 Å². The van der Waals surface area contributed by atoms with Gasteiger partial charge in [-0.2, -0.15) is 0 Å². The third-order valence-electron chi connectivity index (χ3n) is 3.90. The Morgan fingerprint density at radius 3 is 2.33 bits per heavy atom. The predicted molar refractivity (Wildman–Crippen MR) is 68.0 cm³/mol. The fraction of sp³-hybridized carbons (Fsp3) is 1.00. The van der Waals surface area contributed by atoms with Crippen molar-refractivity contribution in [3.05, 3.63) is 0 Å². The Hall–Kier alpha value is -0.0400. The lowest BCUT2D eigenvalue weighted by atomic mass is 9.83. The van der Waals surface area contributed by atoms with Gasteiger partial charge in [-0.05, 0) is 56.9 Å². The lowest BCUT2D eigenvalue weighted by molar-refractivity contribution is 0.267. The molecule has 0 radical (unpaired) electrons. The maximum Gasteiger partial charge on any atom is 0.00413 e. The fourth-order valence-electron chi connectivity index (χ4n) is 2.93. The highest BCUT2D eigenvalue weighted by molar-refractivity contribution is 4.84. The van der Waals surface area contributed by atoms with Gasteiger partial charge in [-0.3, -0.25) is 0 Å². The van der Waals surface area contributed by atoms with Gasteiger partial charge in [0.1, 0.15) is 0 Å². The smallest absolute Gasteiger partial charge is 0.00413 e. The molecule has 1 N–H and O–H groups in total. The first-order valence-corrected chi connectivity index (χ1v) is 6.92. The summed E-state index contributed by atoms with van der Waals surface area (Å²) in [6.45, 7) is 10.6. The van der Waals surface area contributed by atoms with Gasteiger partial charge in [-0.1, -0.05) is 27.2 Å². The zero-order chi connectivity index (χ0) is 11.3. The van der Waals surface area contributed by atoms with Crippen LogP contribution in [0.15, 0.2) is 0 Å². The zero-order valence-corrected chi connectivity index (χ0v) is 11.1. The summed E-state index contributed by atoms with van der Waals surface area (Å²) >= 11 is 0. The third kappa shape index (κ3) is 4.55. The summed E-state index contributed by atoms with van der Waals surface area (Å²) in [5.41, 5.74) is 0. The first kappa shape index (κ1) is 13.0. The minimum Gasteiger partial charge on any atom is -0.314 e. The van der Waals surface area contributed by atoms with Crippen LogP contribution in [0.2, 0.25) is 0 Å². The molecular weight excluding hydrogens is 182 g/mol. The predicted octanol–water partition coefficient (Wildman–Crippen LogP) is 3.84. The Kier molecular flexibility index (Phi) is 5.66. The monoisotopic (exact) mass is 211 g/mol. The lowest BCUT2D eigenvalue weighted by Crippen LogP contribution is -2.30. The first-order chi connectivity index (χ1) is 7.19. The summed E-state index contributed by atoms with van der Waals surface area (Å²) in [4.78, 5) is 0. The summed E-state index contributed by atoms with van der Waals surface area (Å²) < 4.78 is 0. The van der Waals surface area contributed by atoms with Gasteiger partial charge in [0.2, 0.25) is 0 Å². The highest BCUT2D eigenvalue weighted by atomic mass is 14.9. The number of nitrogens with one attached hydrogen (secondary N) is 1. The lowest BCUT2D eigenvalue weighted by Gasteiger charge is -2.25. The Bertz CT molecular complexity index is 163. The SMILES string of the molecule is CCCNC(C)CC(C)C(CC)C1CC1. The Labute approximate surface area is 96.0 Å². The van der Waals surface area contributed by atoms with E-state index < -0.39 is 0 Å². The summed E-state index contributed by atoms with van der Waals surface area (Å²) in [6, 6.07) is 0.702. The van der Waals surface area contributed by atoms with Crippen LogP contribution in [-0.4, -0.2) is 12.6 Å². The third-order valence-corrected chi connectivity index (χ3v) is 3.90. The zero-order valence-electron chi connectivity index (χ0n) is 11.1. The fourth-order valence-corrected chi connectivity index (χ4v) is 2.93. The van der Waals surface area contributed by atoms with Crippen LogP contribution in [0, 0.1) is 17.8 Å². The van der Waals surface area contributed by atoms with Gasteiger partial charge in [0.15, 0.2) is 0 Å². The van der Waals surface area contributed by atoms with Crippen molar-refractivity contribution in [1.29, 1.82) is 0 Å².